The van der Waals surface area contributed by atoms with Crippen molar-refractivity contribution < 1.29 is 9.90 Å². The average Bonchev–Trinajstić information content (AvgIpc) is 3.07. The Labute approximate surface area is 95.7 Å². The van der Waals surface area contributed by atoms with Crippen molar-refractivity contribution in [1.29, 1.82) is 0 Å². The van der Waals surface area contributed by atoms with Crippen LogP contribution in [-0.2, 0) is 11.2 Å². The maximum atomic E-state index is 12.0. The van der Waals surface area contributed by atoms with Crippen LogP contribution in [0.4, 0.5) is 0 Å². The SMILES string of the molecule is CCN(C(=O)Cc1ccccc1O)C1CC1. The molecule has 0 bridgehead atoms. The molecule has 1 fully saturated rings. The van der Waals surface area contributed by atoms with Gasteiger partial charge in [0.1, 0.15) is 5.75 Å². The quantitative estimate of drug-likeness (QED) is 0.840. The molecule has 16 heavy (non-hydrogen) atoms. The van der Waals surface area contributed by atoms with E-state index in [1.54, 1.807) is 18.2 Å². The van der Waals surface area contributed by atoms with Gasteiger partial charge in [-0.1, -0.05) is 18.2 Å². The minimum Gasteiger partial charge on any atom is -0.508 e. The van der Waals surface area contributed by atoms with E-state index in [-0.39, 0.29) is 11.7 Å². The molecule has 0 aliphatic heterocycles. The van der Waals surface area contributed by atoms with E-state index < -0.39 is 0 Å². The van der Waals surface area contributed by atoms with Crippen molar-refractivity contribution in [2.24, 2.45) is 0 Å². The number of hydrogen-bond donors (Lipinski definition) is 1. The predicted molar refractivity (Wildman–Crippen MR) is 62.2 cm³/mol. The van der Waals surface area contributed by atoms with Crippen LogP contribution in [0.1, 0.15) is 25.3 Å². The van der Waals surface area contributed by atoms with Gasteiger partial charge >= 0.3 is 0 Å². The van der Waals surface area contributed by atoms with Crippen molar-refractivity contribution in [2.75, 3.05) is 6.54 Å². The summed E-state index contributed by atoms with van der Waals surface area (Å²) in [7, 11) is 0. The lowest BCUT2D eigenvalue weighted by atomic mass is 10.1. The van der Waals surface area contributed by atoms with Crippen molar-refractivity contribution in [3.8, 4) is 5.75 Å². The summed E-state index contributed by atoms with van der Waals surface area (Å²) < 4.78 is 0. The summed E-state index contributed by atoms with van der Waals surface area (Å²) in [5.41, 5.74) is 0.714. The van der Waals surface area contributed by atoms with E-state index >= 15 is 0 Å². The van der Waals surface area contributed by atoms with Crippen LogP contribution < -0.4 is 0 Å². The van der Waals surface area contributed by atoms with Crippen LogP contribution in [0.2, 0.25) is 0 Å². The fourth-order valence-corrected chi connectivity index (χ4v) is 1.95. The number of carbonyl (C=O) groups excluding carboxylic acids is 1. The molecule has 1 N–H and O–H groups in total. The van der Waals surface area contributed by atoms with Gasteiger partial charge in [-0.15, -0.1) is 0 Å². The fourth-order valence-electron chi connectivity index (χ4n) is 1.95. The normalized spacial score (nSPS) is 14.8. The minimum atomic E-state index is 0.117. The van der Waals surface area contributed by atoms with Crippen molar-refractivity contribution in [1.82, 2.24) is 4.90 Å². The monoisotopic (exact) mass is 219 g/mol. The molecule has 1 aliphatic rings. The molecule has 1 aromatic rings. The van der Waals surface area contributed by atoms with Crippen LogP contribution in [0.5, 0.6) is 5.75 Å². The Morgan fingerprint density at radius 3 is 2.69 bits per heavy atom. The van der Waals surface area contributed by atoms with E-state index in [1.807, 2.05) is 17.9 Å². The summed E-state index contributed by atoms with van der Waals surface area (Å²) in [4.78, 5) is 13.9. The summed E-state index contributed by atoms with van der Waals surface area (Å²) in [5.74, 6) is 0.328. The lowest BCUT2D eigenvalue weighted by Gasteiger charge is -2.20. The third-order valence-corrected chi connectivity index (χ3v) is 2.98. The van der Waals surface area contributed by atoms with Crippen molar-refractivity contribution in [3.05, 3.63) is 29.8 Å². The van der Waals surface area contributed by atoms with Crippen molar-refractivity contribution in [2.45, 2.75) is 32.2 Å². The number of hydrogen-bond acceptors (Lipinski definition) is 2. The van der Waals surface area contributed by atoms with E-state index in [0.29, 0.717) is 18.0 Å². The molecule has 1 aliphatic carbocycles. The summed E-state index contributed by atoms with van der Waals surface area (Å²) in [6.45, 7) is 2.76. The van der Waals surface area contributed by atoms with Gasteiger partial charge in [0.15, 0.2) is 0 Å². The van der Waals surface area contributed by atoms with E-state index in [2.05, 4.69) is 0 Å². The van der Waals surface area contributed by atoms with Crippen LogP contribution in [0.25, 0.3) is 0 Å². The van der Waals surface area contributed by atoms with Gasteiger partial charge in [-0.05, 0) is 25.8 Å². The summed E-state index contributed by atoms with van der Waals surface area (Å²) in [6.07, 6.45) is 2.55. The zero-order chi connectivity index (χ0) is 11.5. The largest absolute Gasteiger partial charge is 0.508 e. The van der Waals surface area contributed by atoms with Gasteiger partial charge in [0.2, 0.25) is 5.91 Å². The molecule has 3 nitrogen and oxygen atoms in total. The number of phenolic OH excluding ortho intramolecular Hbond substituents is 1. The minimum absolute atomic E-state index is 0.117. The molecule has 86 valence electrons. The molecule has 0 spiro atoms. The number of nitrogens with zero attached hydrogens (tertiary/aromatic N) is 1. The lowest BCUT2D eigenvalue weighted by Crippen LogP contribution is -2.34. The molecule has 0 aromatic heterocycles. The maximum Gasteiger partial charge on any atom is 0.227 e. The lowest BCUT2D eigenvalue weighted by molar-refractivity contribution is -0.130. The second-order valence-corrected chi connectivity index (χ2v) is 4.22. The first kappa shape index (κ1) is 11.0. The first-order valence-corrected chi connectivity index (χ1v) is 5.78. The maximum absolute atomic E-state index is 12.0. The number of aromatic hydroxyl groups is 1. The first-order chi connectivity index (χ1) is 7.72. The van der Waals surface area contributed by atoms with E-state index in [9.17, 15) is 9.90 Å². The standard InChI is InChI=1S/C13H17NO2/c1-2-14(11-7-8-11)13(16)9-10-5-3-4-6-12(10)15/h3-6,11,15H,2,7-9H2,1H3. The second-order valence-electron chi connectivity index (χ2n) is 4.22. The molecule has 0 radical (unpaired) electrons. The summed E-state index contributed by atoms with van der Waals surface area (Å²) in [5, 5.41) is 9.60. The van der Waals surface area contributed by atoms with E-state index in [4.69, 9.17) is 0 Å². The van der Waals surface area contributed by atoms with Crippen LogP contribution in [0, 0.1) is 0 Å². The Balaban J connectivity index is 2.03. The zero-order valence-corrected chi connectivity index (χ0v) is 9.52. The van der Waals surface area contributed by atoms with Gasteiger partial charge < -0.3 is 10.0 Å². The third kappa shape index (κ3) is 2.35. The number of carbonyl (C=O) groups is 1. The first-order valence-electron chi connectivity index (χ1n) is 5.78. The molecule has 0 heterocycles. The molecular formula is C13H17NO2. The average molecular weight is 219 g/mol. The summed E-state index contributed by atoms with van der Waals surface area (Å²) >= 11 is 0. The van der Waals surface area contributed by atoms with Gasteiger partial charge in [0.05, 0.1) is 6.42 Å². The number of likely N-dealkylation sites (N-methyl/N-ethyl adjacent to an activating group) is 1. The van der Waals surface area contributed by atoms with Gasteiger partial charge in [-0.3, -0.25) is 4.79 Å². The van der Waals surface area contributed by atoms with Gasteiger partial charge in [-0.2, -0.15) is 0 Å². The number of para-hydroxylation sites is 1. The molecule has 0 unspecified atom stereocenters. The second kappa shape index (κ2) is 4.56. The topological polar surface area (TPSA) is 40.5 Å². The molecular weight excluding hydrogens is 202 g/mol. The number of amides is 1. The molecule has 0 saturated heterocycles. The zero-order valence-electron chi connectivity index (χ0n) is 9.52. The Kier molecular flexibility index (Phi) is 3.13. The van der Waals surface area contributed by atoms with Crippen LogP contribution in [0.15, 0.2) is 24.3 Å². The van der Waals surface area contributed by atoms with E-state index in [0.717, 1.165) is 19.4 Å². The van der Waals surface area contributed by atoms with Crippen LogP contribution in [0.3, 0.4) is 0 Å². The van der Waals surface area contributed by atoms with E-state index in [1.165, 1.54) is 0 Å². The Morgan fingerprint density at radius 1 is 1.44 bits per heavy atom. The highest BCUT2D eigenvalue weighted by Gasteiger charge is 2.31. The Hall–Kier alpha value is -1.51. The third-order valence-electron chi connectivity index (χ3n) is 2.98. The number of rotatable bonds is 4. The van der Waals surface area contributed by atoms with Crippen LogP contribution >= 0.6 is 0 Å². The number of phenols is 1. The number of benzene rings is 1. The molecule has 2 rings (SSSR count). The molecule has 0 atom stereocenters. The predicted octanol–water partition coefficient (Wildman–Crippen LogP) is 1.95. The highest BCUT2D eigenvalue weighted by Crippen LogP contribution is 2.27. The van der Waals surface area contributed by atoms with Crippen LogP contribution in [-0.4, -0.2) is 28.5 Å². The van der Waals surface area contributed by atoms with Gasteiger partial charge in [-0.25, -0.2) is 0 Å². The molecule has 3 heteroatoms. The molecule has 1 aromatic carbocycles. The molecule has 1 saturated carbocycles. The highest BCUT2D eigenvalue weighted by molar-refractivity contribution is 5.80. The highest BCUT2D eigenvalue weighted by atomic mass is 16.3. The van der Waals surface area contributed by atoms with Gasteiger partial charge in [0.25, 0.3) is 0 Å². The Bertz CT molecular complexity index is 385. The van der Waals surface area contributed by atoms with Crippen molar-refractivity contribution >= 4 is 5.91 Å². The smallest absolute Gasteiger partial charge is 0.227 e. The summed E-state index contributed by atoms with van der Waals surface area (Å²) in [6, 6.07) is 7.48. The Morgan fingerprint density at radius 2 is 2.12 bits per heavy atom. The fraction of sp³-hybridized carbons (Fsp3) is 0.462. The molecule has 1 amide bonds. The van der Waals surface area contributed by atoms with Crippen molar-refractivity contribution in [3.63, 3.8) is 0 Å². The van der Waals surface area contributed by atoms with Gasteiger partial charge in [0, 0.05) is 18.2 Å².